The molecule has 0 spiro atoms. The molecule has 0 radical (unpaired) electrons. The molecule has 0 aromatic carbocycles. The van der Waals surface area contributed by atoms with Crippen LogP contribution in [0.25, 0.3) is 0 Å². The number of hydrogen-bond acceptors (Lipinski definition) is 5. The molecule has 1 aliphatic heterocycles. The third-order valence-electron chi connectivity index (χ3n) is 3.39. The first-order valence-electron chi connectivity index (χ1n) is 6.54. The Balaban J connectivity index is 1.78. The van der Waals surface area contributed by atoms with Gasteiger partial charge in [0, 0.05) is 12.5 Å². The summed E-state index contributed by atoms with van der Waals surface area (Å²) in [4.78, 5) is 4.31. The lowest BCUT2D eigenvalue weighted by Gasteiger charge is -2.23. The lowest BCUT2D eigenvalue weighted by Crippen LogP contribution is -2.41. The van der Waals surface area contributed by atoms with Crippen LogP contribution in [0.5, 0.6) is 0 Å². The van der Waals surface area contributed by atoms with Crippen LogP contribution in [0.3, 0.4) is 0 Å². The molecule has 0 amide bonds. The number of thiophene rings is 1. The van der Waals surface area contributed by atoms with Crippen LogP contribution in [0, 0.1) is 13.8 Å². The van der Waals surface area contributed by atoms with E-state index in [4.69, 9.17) is 11.6 Å². The number of rotatable bonds is 3. The first kappa shape index (κ1) is 15.0. The Morgan fingerprint density at radius 2 is 2.24 bits per heavy atom. The number of sulfonamides is 1. The zero-order chi connectivity index (χ0) is 15.2. The van der Waals surface area contributed by atoms with E-state index in [1.807, 2.05) is 6.92 Å². The van der Waals surface area contributed by atoms with Crippen molar-refractivity contribution in [2.45, 2.75) is 43.5 Å². The minimum Gasteiger partial charge on any atom is -0.248 e. The van der Waals surface area contributed by atoms with Crippen molar-refractivity contribution in [1.82, 2.24) is 19.5 Å². The van der Waals surface area contributed by atoms with Crippen LogP contribution < -0.4 is 4.72 Å². The van der Waals surface area contributed by atoms with E-state index in [0.717, 1.165) is 35.6 Å². The Labute approximate surface area is 132 Å². The molecular formula is C12H15ClN4O2S2. The van der Waals surface area contributed by atoms with Gasteiger partial charge in [-0.15, -0.1) is 11.3 Å². The molecule has 1 unspecified atom stereocenters. The first-order valence-corrected chi connectivity index (χ1v) is 9.21. The molecular weight excluding hydrogens is 332 g/mol. The molecule has 21 heavy (non-hydrogen) atoms. The van der Waals surface area contributed by atoms with Crippen LogP contribution in [0.4, 0.5) is 0 Å². The topological polar surface area (TPSA) is 76.9 Å². The van der Waals surface area contributed by atoms with E-state index >= 15 is 0 Å². The fraction of sp³-hybridized carbons (Fsp3) is 0.500. The Morgan fingerprint density at radius 1 is 1.48 bits per heavy atom. The van der Waals surface area contributed by atoms with Gasteiger partial charge in [0.2, 0.25) is 10.0 Å². The molecule has 1 aliphatic rings. The summed E-state index contributed by atoms with van der Waals surface area (Å²) in [5.41, 5.74) is 0.778. The van der Waals surface area contributed by atoms with Crippen molar-refractivity contribution in [3.05, 3.63) is 27.6 Å². The van der Waals surface area contributed by atoms with Crippen molar-refractivity contribution < 1.29 is 8.42 Å². The van der Waals surface area contributed by atoms with E-state index in [9.17, 15) is 8.42 Å². The molecule has 2 aromatic heterocycles. The van der Waals surface area contributed by atoms with Crippen molar-refractivity contribution in [2.75, 3.05) is 0 Å². The average molecular weight is 347 g/mol. The highest BCUT2D eigenvalue weighted by Crippen LogP contribution is 2.30. The summed E-state index contributed by atoms with van der Waals surface area (Å²) in [7, 11) is -3.53. The Kier molecular flexibility index (Phi) is 3.81. The largest absolute Gasteiger partial charge is 0.250 e. The fourth-order valence-corrected chi connectivity index (χ4v) is 5.36. The molecule has 3 rings (SSSR count). The molecule has 3 heterocycles. The number of fused-ring (bicyclic) bond motifs is 1. The van der Waals surface area contributed by atoms with Gasteiger partial charge in [0.15, 0.2) is 0 Å². The monoisotopic (exact) mass is 346 g/mol. The van der Waals surface area contributed by atoms with Gasteiger partial charge in [-0.2, -0.15) is 5.10 Å². The predicted octanol–water partition coefficient (Wildman–Crippen LogP) is 1.90. The van der Waals surface area contributed by atoms with Crippen LogP contribution in [0.1, 0.15) is 23.6 Å². The summed E-state index contributed by atoms with van der Waals surface area (Å²) < 4.78 is 30.0. The third kappa shape index (κ3) is 2.98. The summed E-state index contributed by atoms with van der Waals surface area (Å²) in [5.74, 6) is 1.63. The number of aromatic nitrogens is 3. The molecule has 9 heteroatoms. The normalized spacial score (nSPS) is 18.7. The lowest BCUT2D eigenvalue weighted by atomic mass is 10.1. The molecule has 0 saturated carbocycles. The second-order valence-corrected chi connectivity index (χ2v) is 8.73. The molecule has 0 saturated heterocycles. The summed E-state index contributed by atoms with van der Waals surface area (Å²) in [5, 5.41) is 4.27. The zero-order valence-electron chi connectivity index (χ0n) is 11.6. The van der Waals surface area contributed by atoms with E-state index in [0.29, 0.717) is 16.7 Å². The van der Waals surface area contributed by atoms with Gasteiger partial charge >= 0.3 is 0 Å². The van der Waals surface area contributed by atoms with Crippen molar-refractivity contribution in [1.29, 1.82) is 0 Å². The highest BCUT2D eigenvalue weighted by atomic mass is 35.5. The lowest BCUT2D eigenvalue weighted by molar-refractivity contribution is 0.395. The number of hydrogen-bond donors (Lipinski definition) is 1. The van der Waals surface area contributed by atoms with Crippen molar-refractivity contribution in [2.24, 2.45) is 0 Å². The highest BCUT2D eigenvalue weighted by Gasteiger charge is 2.27. The molecule has 2 aromatic rings. The summed E-state index contributed by atoms with van der Waals surface area (Å²) in [6.07, 6.45) is 1.44. The molecule has 0 fully saturated rings. The molecule has 0 bridgehead atoms. The number of halogens is 1. The SMILES string of the molecule is Cc1nc2n(n1)CC(NS(=O)(=O)c1cc(C)c(Cl)s1)CC2. The van der Waals surface area contributed by atoms with Gasteiger partial charge < -0.3 is 0 Å². The molecule has 0 aliphatic carbocycles. The minimum absolute atomic E-state index is 0.176. The number of nitrogens with one attached hydrogen (secondary N) is 1. The average Bonchev–Trinajstić information content (AvgIpc) is 2.91. The quantitative estimate of drug-likeness (QED) is 0.920. The van der Waals surface area contributed by atoms with Gasteiger partial charge in [-0.3, -0.25) is 0 Å². The van der Waals surface area contributed by atoms with Crippen molar-refractivity contribution in [3.8, 4) is 0 Å². The Hall–Kier alpha value is -0.960. The van der Waals surface area contributed by atoms with E-state index in [2.05, 4.69) is 14.8 Å². The molecule has 6 nitrogen and oxygen atoms in total. The van der Waals surface area contributed by atoms with Crippen molar-refractivity contribution >= 4 is 33.0 Å². The minimum atomic E-state index is -3.53. The summed E-state index contributed by atoms with van der Waals surface area (Å²) >= 11 is 7.03. The summed E-state index contributed by atoms with van der Waals surface area (Å²) in [6.45, 7) is 4.14. The third-order valence-corrected chi connectivity index (χ3v) is 6.93. The maximum atomic E-state index is 12.4. The van der Waals surface area contributed by atoms with Gasteiger partial charge in [-0.25, -0.2) is 22.8 Å². The van der Waals surface area contributed by atoms with Gasteiger partial charge in [0.1, 0.15) is 15.9 Å². The van der Waals surface area contributed by atoms with Crippen LogP contribution in [-0.2, 0) is 23.0 Å². The Morgan fingerprint density at radius 3 is 2.90 bits per heavy atom. The standard InChI is InChI=1S/C12H15ClN4O2S2/c1-7-5-11(20-12(7)13)21(18,19)16-9-3-4-10-14-8(2)15-17(10)6-9/h5,9,16H,3-4,6H2,1-2H3. The zero-order valence-corrected chi connectivity index (χ0v) is 14.0. The van der Waals surface area contributed by atoms with E-state index in [1.165, 1.54) is 0 Å². The maximum Gasteiger partial charge on any atom is 0.250 e. The van der Waals surface area contributed by atoms with Gasteiger partial charge in [0.05, 0.1) is 10.9 Å². The van der Waals surface area contributed by atoms with Crippen LogP contribution in [0.2, 0.25) is 4.34 Å². The predicted molar refractivity (Wildman–Crippen MR) is 81.3 cm³/mol. The van der Waals surface area contributed by atoms with Crippen LogP contribution in [-0.4, -0.2) is 29.2 Å². The van der Waals surface area contributed by atoms with E-state index in [-0.39, 0.29) is 10.3 Å². The van der Waals surface area contributed by atoms with Gasteiger partial charge in [-0.05, 0) is 31.9 Å². The Bertz CT molecular complexity index is 762. The fourth-order valence-electron chi connectivity index (χ4n) is 2.37. The maximum absolute atomic E-state index is 12.4. The second-order valence-electron chi connectivity index (χ2n) is 5.14. The number of nitrogens with zero attached hydrogens (tertiary/aromatic N) is 3. The summed E-state index contributed by atoms with van der Waals surface area (Å²) in [6, 6.07) is 1.42. The first-order chi connectivity index (χ1) is 9.85. The van der Waals surface area contributed by atoms with Gasteiger partial charge in [-0.1, -0.05) is 11.6 Å². The highest BCUT2D eigenvalue weighted by molar-refractivity contribution is 7.91. The molecule has 114 valence electrons. The second kappa shape index (κ2) is 5.35. The smallest absolute Gasteiger partial charge is 0.248 e. The molecule has 1 N–H and O–H groups in total. The van der Waals surface area contributed by atoms with Crippen molar-refractivity contribution in [3.63, 3.8) is 0 Å². The van der Waals surface area contributed by atoms with Crippen LogP contribution in [0.15, 0.2) is 10.3 Å². The van der Waals surface area contributed by atoms with E-state index < -0.39 is 10.0 Å². The molecule has 1 atom stereocenters. The van der Waals surface area contributed by atoms with Gasteiger partial charge in [0.25, 0.3) is 0 Å². The van der Waals surface area contributed by atoms with E-state index in [1.54, 1.807) is 17.7 Å². The number of aryl methyl sites for hydroxylation is 3. The van der Waals surface area contributed by atoms with Crippen LogP contribution >= 0.6 is 22.9 Å².